The highest BCUT2D eigenvalue weighted by atomic mass is 79.9. The first kappa shape index (κ1) is 22.0. The van der Waals surface area contributed by atoms with Gasteiger partial charge in [-0.15, -0.1) is 0 Å². The molecule has 0 aliphatic rings. The van der Waals surface area contributed by atoms with Crippen LogP contribution in [0.25, 0.3) is 33.3 Å². The molecule has 0 aliphatic carbocycles. The summed E-state index contributed by atoms with van der Waals surface area (Å²) in [5.74, 6) is -11.8. The van der Waals surface area contributed by atoms with Crippen molar-refractivity contribution in [1.29, 1.82) is 0 Å². The average Bonchev–Trinajstić information content (AvgIpc) is 3.24. The molecule has 5 aromatic rings. The van der Waals surface area contributed by atoms with Crippen molar-refractivity contribution in [2.24, 2.45) is 0 Å². The van der Waals surface area contributed by atoms with Crippen molar-refractivity contribution < 1.29 is 31.2 Å². The lowest BCUT2D eigenvalue weighted by Gasteiger charge is -2.09. The number of oxazole rings is 1. The molecule has 1 heterocycles. The SMILES string of the molecule is O=C(Nc1ccc2oc(-c3c(F)c(F)c(F)c(F)c3F)nc2c1)c1cccc2c(Br)cccc12. The summed E-state index contributed by atoms with van der Waals surface area (Å²) in [5.41, 5.74) is -0.536. The quantitative estimate of drug-likeness (QED) is 0.150. The van der Waals surface area contributed by atoms with Crippen molar-refractivity contribution in [3.05, 3.63) is 93.7 Å². The first-order chi connectivity index (χ1) is 16.3. The number of fused-ring (bicyclic) bond motifs is 2. The van der Waals surface area contributed by atoms with Crippen LogP contribution in [0, 0.1) is 29.1 Å². The minimum atomic E-state index is -2.28. The Labute approximate surface area is 196 Å². The fraction of sp³-hybridized carbons (Fsp3) is 0. The molecule has 4 aromatic carbocycles. The molecule has 0 spiro atoms. The number of amides is 1. The minimum absolute atomic E-state index is 0.0195. The van der Waals surface area contributed by atoms with E-state index in [0.29, 0.717) is 10.9 Å². The zero-order valence-corrected chi connectivity index (χ0v) is 18.3. The van der Waals surface area contributed by atoms with E-state index in [0.717, 1.165) is 9.86 Å². The van der Waals surface area contributed by atoms with Gasteiger partial charge in [-0.2, -0.15) is 0 Å². The van der Waals surface area contributed by atoms with Crippen LogP contribution in [-0.2, 0) is 0 Å². The van der Waals surface area contributed by atoms with Gasteiger partial charge in [0.05, 0.1) is 0 Å². The van der Waals surface area contributed by atoms with Crippen molar-refractivity contribution in [1.82, 2.24) is 4.98 Å². The highest BCUT2D eigenvalue weighted by Gasteiger charge is 2.29. The van der Waals surface area contributed by atoms with Crippen LogP contribution >= 0.6 is 15.9 Å². The normalized spacial score (nSPS) is 11.4. The van der Waals surface area contributed by atoms with E-state index >= 15 is 0 Å². The summed E-state index contributed by atoms with van der Waals surface area (Å²) in [5, 5.41) is 4.26. The molecule has 0 atom stereocenters. The number of hydrogen-bond donors (Lipinski definition) is 1. The number of aromatic nitrogens is 1. The molecule has 1 amide bonds. The van der Waals surface area contributed by atoms with Gasteiger partial charge in [-0.25, -0.2) is 26.9 Å². The Morgan fingerprint density at radius 2 is 1.47 bits per heavy atom. The monoisotopic (exact) mass is 532 g/mol. The Bertz CT molecular complexity index is 1600. The van der Waals surface area contributed by atoms with Crippen LogP contribution in [0.1, 0.15) is 10.4 Å². The lowest BCUT2D eigenvalue weighted by molar-refractivity contribution is 0.102. The second-order valence-corrected chi connectivity index (χ2v) is 8.10. The molecule has 1 aromatic heterocycles. The Morgan fingerprint density at radius 1 is 0.824 bits per heavy atom. The van der Waals surface area contributed by atoms with Crippen LogP contribution in [0.5, 0.6) is 0 Å². The molecule has 0 saturated heterocycles. The van der Waals surface area contributed by atoms with Crippen molar-refractivity contribution in [2.75, 3.05) is 5.32 Å². The van der Waals surface area contributed by atoms with Crippen LogP contribution < -0.4 is 5.32 Å². The van der Waals surface area contributed by atoms with E-state index in [4.69, 9.17) is 4.42 Å². The Balaban J connectivity index is 1.52. The molecule has 170 valence electrons. The summed E-state index contributed by atoms with van der Waals surface area (Å²) in [6, 6.07) is 14.9. The number of nitrogens with one attached hydrogen (secondary N) is 1. The molecule has 0 unspecified atom stereocenters. The number of nitrogens with zero attached hydrogens (tertiary/aromatic N) is 1. The molecule has 0 bridgehead atoms. The molecular weight excluding hydrogens is 523 g/mol. The van der Waals surface area contributed by atoms with Gasteiger partial charge in [0.25, 0.3) is 5.91 Å². The van der Waals surface area contributed by atoms with Crippen LogP contribution in [0.4, 0.5) is 27.6 Å². The number of carbonyl (C=O) groups excluding carboxylic acids is 1. The number of hydrogen-bond acceptors (Lipinski definition) is 3. The van der Waals surface area contributed by atoms with Crippen molar-refractivity contribution in [2.45, 2.75) is 0 Å². The summed E-state index contributed by atoms with van der Waals surface area (Å²) < 4.78 is 74.8. The number of carbonyl (C=O) groups is 1. The maximum absolute atomic E-state index is 14.1. The predicted octanol–water partition coefficient (Wildman–Crippen LogP) is 7.36. The van der Waals surface area contributed by atoms with E-state index in [9.17, 15) is 26.7 Å². The summed E-state index contributed by atoms with van der Waals surface area (Å²) in [6.07, 6.45) is 0. The molecule has 0 aliphatic heterocycles. The van der Waals surface area contributed by atoms with Gasteiger partial charge >= 0.3 is 0 Å². The van der Waals surface area contributed by atoms with E-state index in [1.54, 1.807) is 24.3 Å². The smallest absolute Gasteiger partial charge is 0.256 e. The third kappa shape index (κ3) is 3.50. The maximum atomic E-state index is 14.1. The van der Waals surface area contributed by atoms with Gasteiger partial charge in [-0.1, -0.05) is 40.2 Å². The lowest BCUT2D eigenvalue weighted by atomic mass is 10.0. The number of benzene rings is 4. The fourth-order valence-corrected chi connectivity index (χ4v) is 4.07. The average molecular weight is 533 g/mol. The van der Waals surface area contributed by atoms with Gasteiger partial charge in [-0.3, -0.25) is 4.79 Å². The topological polar surface area (TPSA) is 55.1 Å². The third-order valence-electron chi connectivity index (χ3n) is 5.18. The van der Waals surface area contributed by atoms with Crippen molar-refractivity contribution in [3.63, 3.8) is 0 Å². The van der Waals surface area contributed by atoms with Gasteiger partial charge in [-0.05, 0) is 41.1 Å². The van der Waals surface area contributed by atoms with E-state index in [1.165, 1.54) is 18.2 Å². The molecule has 0 fully saturated rings. The number of anilines is 1. The molecule has 0 radical (unpaired) electrons. The Hall–Kier alpha value is -3.79. The third-order valence-corrected chi connectivity index (χ3v) is 5.87. The van der Waals surface area contributed by atoms with Crippen molar-refractivity contribution >= 4 is 49.4 Å². The fourth-order valence-electron chi connectivity index (χ4n) is 3.57. The largest absolute Gasteiger partial charge is 0.436 e. The summed E-state index contributed by atoms with van der Waals surface area (Å²) in [7, 11) is 0. The minimum Gasteiger partial charge on any atom is -0.436 e. The molecule has 1 N–H and O–H groups in total. The lowest BCUT2D eigenvalue weighted by Crippen LogP contribution is -2.12. The second kappa shape index (κ2) is 8.21. The first-order valence-corrected chi connectivity index (χ1v) is 10.5. The van der Waals surface area contributed by atoms with E-state index in [-0.39, 0.29) is 16.8 Å². The van der Waals surface area contributed by atoms with Crippen LogP contribution in [0.3, 0.4) is 0 Å². The predicted molar refractivity (Wildman–Crippen MR) is 119 cm³/mol. The Kier molecular flexibility index (Phi) is 5.32. The molecule has 0 saturated carbocycles. The van der Waals surface area contributed by atoms with Crippen LogP contribution in [0.2, 0.25) is 0 Å². The molecule has 5 rings (SSSR count). The van der Waals surface area contributed by atoms with Gasteiger partial charge in [0.15, 0.2) is 28.9 Å². The van der Waals surface area contributed by atoms with E-state index < -0.39 is 46.4 Å². The van der Waals surface area contributed by atoms with Gasteiger partial charge in [0, 0.05) is 15.7 Å². The molecule has 34 heavy (non-hydrogen) atoms. The van der Waals surface area contributed by atoms with Crippen LogP contribution in [0.15, 0.2) is 63.5 Å². The second-order valence-electron chi connectivity index (χ2n) is 7.24. The van der Waals surface area contributed by atoms with Gasteiger partial charge in [0.2, 0.25) is 11.7 Å². The summed E-state index contributed by atoms with van der Waals surface area (Å²) >= 11 is 3.45. The number of halogens is 6. The Morgan fingerprint density at radius 3 is 2.21 bits per heavy atom. The molecule has 4 nitrogen and oxygen atoms in total. The molecular formula is C24H10BrF5N2O2. The summed E-state index contributed by atoms with van der Waals surface area (Å²) in [6.45, 7) is 0. The van der Waals surface area contributed by atoms with Crippen LogP contribution in [-0.4, -0.2) is 10.9 Å². The standard InChI is InChI=1S/C24H10BrF5N2O2/c25-14-6-2-3-11-12(14)4-1-5-13(11)23(33)31-10-7-8-16-15(9-10)32-24(34-16)17-18(26)20(28)22(30)21(29)19(17)27/h1-9H,(H,31,33). The van der Waals surface area contributed by atoms with Crippen molar-refractivity contribution in [3.8, 4) is 11.5 Å². The maximum Gasteiger partial charge on any atom is 0.256 e. The molecule has 10 heteroatoms. The van der Waals surface area contributed by atoms with E-state index in [1.807, 2.05) is 12.1 Å². The summed E-state index contributed by atoms with van der Waals surface area (Å²) in [4.78, 5) is 16.8. The first-order valence-electron chi connectivity index (χ1n) is 9.67. The zero-order chi connectivity index (χ0) is 24.1. The van der Waals surface area contributed by atoms with Gasteiger partial charge < -0.3 is 9.73 Å². The number of rotatable bonds is 3. The van der Waals surface area contributed by atoms with E-state index in [2.05, 4.69) is 26.2 Å². The highest BCUT2D eigenvalue weighted by molar-refractivity contribution is 9.10. The highest BCUT2D eigenvalue weighted by Crippen LogP contribution is 2.34. The zero-order valence-electron chi connectivity index (χ0n) is 16.7. The van der Waals surface area contributed by atoms with Gasteiger partial charge in [0.1, 0.15) is 11.1 Å².